The molecule has 29 heavy (non-hydrogen) atoms. The van der Waals surface area contributed by atoms with E-state index in [1.807, 2.05) is 32.0 Å². The van der Waals surface area contributed by atoms with Crippen LogP contribution in [0.25, 0.3) is 0 Å². The quantitative estimate of drug-likeness (QED) is 0.367. The van der Waals surface area contributed by atoms with Crippen LogP contribution < -0.4 is 4.74 Å². The average Bonchev–Trinajstić information content (AvgIpc) is 2.68. The summed E-state index contributed by atoms with van der Waals surface area (Å²) in [5, 5.41) is 0. The number of hydrogen-bond donors (Lipinski definition) is 0. The number of benzene rings is 2. The van der Waals surface area contributed by atoms with Crippen LogP contribution in [0.4, 0.5) is 0 Å². The molecule has 0 N–H and O–H groups in total. The molecule has 156 valence electrons. The fraction of sp³-hybridized carbons (Fsp3) is 0.318. The van der Waals surface area contributed by atoms with Crippen LogP contribution in [0.5, 0.6) is 5.75 Å². The largest absolute Gasteiger partial charge is 0.496 e. The summed E-state index contributed by atoms with van der Waals surface area (Å²) in [5.74, 6) is -0.535. The highest BCUT2D eigenvalue weighted by Gasteiger charge is 2.27. The first-order chi connectivity index (χ1) is 13.7. The Balaban J connectivity index is 2.41. The van der Waals surface area contributed by atoms with Gasteiger partial charge in [0.25, 0.3) is 10.1 Å². The fourth-order valence-corrected chi connectivity index (χ4v) is 3.98. The van der Waals surface area contributed by atoms with E-state index in [4.69, 9.17) is 8.92 Å². The maximum absolute atomic E-state index is 12.7. The summed E-state index contributed by atoms with van der Waals surface area (Å²) in [7, 11) is -1.18. The number of carbonyl (C=O) groups is 1. The standard InChI is InChI=1S/C22H26O6S/c1-15-6-9-18(10-7-15)29(24,25)28-17(3)19(12-13-22(23)27-5)20-11-8-16(2)14-21(20)26-4/h6-14,17,19H,1-5H3/b13-12+/t17-,19+/m0/s1. The number of carbonyl (C=O) groups excluding carboxylic acids is 1. The lowest BCUT2D eigenvalue weighted by molar-refractivity contribution is -0.134. The zero-order chi connectivity index (χ0) is 21.6. The molecule has 0 bridgehead atoms. The van der Waals surface area contributed by atoms with Gasteiger partial charge in [0.1, 0.15) is 5.75 Å². The Morgan fingerprint density at radius 3 is 2.21 bits per heavy atom. The first-order valence-electron chi connectivity index (χ1n) is 9.08. The van der Waals surface area contributed by atoms with Crippen LogP contribution >= 0.6 is 0 Å². The maximum Gasteiger partial charge on any atom is 0.330 e. The van der Waals surface area contributed by atoms with Gasteiger partial charge in [-0.05, 0) is 44.5 Å². The number of ether oxygens (including phenoxy) is 2. The summed E-state index contributed by atoms with van der Waals surface area (Å²) in [4.78, 5) is 11.7. The van der Waals surface area contributed by atoms with Gasteiger partial charge in [-0.15, -0.1) is 0 Å². The van der Waals surface area contributed by atoms with Gasteiger partial charge in [-0.2, -0.15) is 8.42 Å². The minimum atomic E-state index is -3.99. The first-order valence-corrected chi connectivity index (χ1v) is 10.5. The molecule has 0 fully saturated rings. The van der Waals surface area contributed by atoms with Crippen molar-refractivity contribution in [2.24, 2.45) is 0 Å². The van der Waals surface area contributed by atoms with Gasteiger partial charge in [0.15, 0.2) is 0 Å². The second-order valence-corrected chi connectivity index (χ2v) is 8.29. The molecule has 0 saturated heterocycles. The van der Waals surface area contributed by atoms with Gasteiger partial charge in [0, 0.05) is 17.6 Å². The van der Waals surface area contributed by atoms with Crippen LogP contribution in [0, 0.1) is 13.8 Å². The predicted molar refractivity (Wildman–Crippen MR) is 111 cm³/mol. The third kappa shape index (κ3) is 5.92. The molecule has 2 aromatic carbocycles. The predicted octanol–water partition coefficient (Wildman–Crippen LogP) is 3.92. The second-order valence-electron chi connectivity index (χ2n) is 6.72. The molecule has 0 unspecified atom stereocenters. The molecule has 0 radical (unpaired) electrons. The molecule has 2 rings (SSSR count). The Morgan fingerprint density at radius 2 is 1.62 bits per heavy atom. The highest BCUT2D eigenvalue weighted by molar-refractivity contribution is 7.86. The molecule has 0 amide bonds. The van der Waals surface area contributed by atoms with Gasteiger partial charge < -0.3 is 9.47 Å². The number of esters is 1. The van der Waals surface area contributed by atoms with Crippen molar-refractivity contribution in [1.29, 1.82) is 0 Å². The van der Waals surface area contributed by atoms with E-state index < -0.39 is 28.1 Å². The molecule has 7 heteroatoms. The van der Waals surface area contributed by atoms with Crippen molar-refractivity contribution in [3.63, 3.8) is 0 Å². The normalized spacial score (nSPS) is 13.8. The average molecular weight is 419 g/mol. The van der Waals surface area contributed by atoms with Crippen molar-refractivity contribution in [3.05, 3.63) is 71.3 Å². The fourth-order valence-electron chi connectivity index (χ4n) is 2.88. The third-order valence-electron chi connectivity index (χ3n) is 4.48. The molecule has 0 heterocycles. The van der Waals surface area contributed by atoms with E-state index in [1.54, 1.807) is 25.1 Å². The molecule has 0 aliphatic rings. The molecule has 2 aromatic rings. The van der Waals surface area contributed by atoms with Crippen LogP contribution in [-0.4, -0.2) is 34.7 Å². The van der Waals surface area contributed by atoms with Gasteiger partial charge >= 0.3 is 5.97 Å². The van der Waals surface area contributed by atoms with Crippen molar-refractivity contribution < 1.29 is 26.9 Å². The number of rotatable bonds is 8. The zero-order valence-electron chi connectivity index (χ0n) is 17.2. The highest BCUT2D eigenvalue weighted by Crippen LogP contribution is 2.33. The van der Waals surface area contributed by atoms with Crippen molar-refractivity contribution in [2.45, 2.75) is 37.7 Å². The number of hydrogen-bond acceptors (Lipinski definition) is 6. The summed E-state index contributed by atoms with van der Waals surface area (Å²) in [6.45, 7) is 5.43. The van der Waals surface area contributed by atoms with Gasteiger partial charge in [-0.3, -0.25) is 4.18 Å². The van der Waals surface area contributed by atoms with E-state index in [9.17, 15) is 13.2 Å². The topological polar surface area (TPSA) is 78.9 Å². The summed E-state index contributed by atoms with van der Waals surface area (Å²) >= 11 is 0. The maximum atomic E-state index is 12.7. The summed E-state index contributed by atoms with van der Waals surface area (Å²) in [6, 6.07) is 12.0. The Hall–Kier alpha value is -2.64. The molecule has 0 aliphatic carbocycles. The summed E-state index contributed by atoms with van der Waals surface area (Å²) < 4.78 is 41.1. The molecule has 0 aromatic heterocycles. The van der Waals surface area contributed by atoms with Gasteiger partial charge in [0.2, 0.25) is 0 Å². The molecular formula is C22H26O6S. The minimum Gasteiger partial charge on any atom is -0.496 e. The van der Waals surface area contributed by atoms with Crippen molar-refractivity contribution in [1.82, 2.24) is 0 Å². The van der Waals surface area contributed by atoms with Gasteiger partial charge in [0.05, 0.1) is 25.2 Å². The van der Waals surface area contributed by atoms with E-state index in [2.05, 4.69) is 4.74 Å². The van der Waals surface area contributed by atoms with Crippen LogP contribution in [-0.2, 0) is 23.8 Å². The van der Waals surface area contributed by atoms with E-state index in [1.165, 1.54) is 32.4 Å². The Labute approximate surface area is 172 Å². The van der Waals surface area contributed by atoms with E-state index >= 15 is 0 Å². The lowest BCUT2D eigenvalue weighted by Crippen LogP contribution is -2.22. The molecule has 0 aliphatic heterocycles. The summed E-state index contributed by atoms with van der Waals surface area (Å²) in [6.07, 6.45) is 2.01. The smallest absolute Gasteiger partial charge is 0.330 e. The SMILES string of the molecule is COC(=O)/C=C/[C@@H](c1ccc(C)cc1OC)[C@H](C)OS(=O)(=O)c1ccc(C)cc1. The molecule has 6 nitrogen and oxygen atoms in total. The van der Waals surface area contributed by atoms with E-state index in [0.717, 1.165) is 11.1 Å². The Bertz CT molecular complexity index is 977. The van der Waals surface area contributed by atoms with Crippen LogP contribution in [0.3, 0.4) is 0 Å². The van der Waals surface area contributed by atoms with E-state index in [0.29, 0.717) is 11.3 Å². The molecule has 0 saturated carbocycles. The van der Waals surface area contributed by atoms with Crippen LogP contribution in [0.2, 0.25) is 0 Å². The Morgan fingerprint density at radius 1 is 1.00 bits per heavy atom. The summed E-state index contributed by atoms with van der Waals surface area (Å²) in [5.41, 5.74) is 2.63. The third-order valence-corrected chi connectivity index (χ3v) is 5.89. The van der Waals surface area contributed by atoms with Crippen LogP contribution in [0.15, 0.2) is 59.5 Å². The minimum absolute atomic E-state index is 0.0709. The van der Waals surface area contributed by atoms with E-state index in [-0.39, 0.29) is 4.90 Å². The zero-order valence-corrected chi connectivity index (χ0v) is 18.0. The van der Waals surface area contributed by atoms with Gasteiger partial charge in [-0.1, -0.05) is 35.9 Å². The van der Waals surface area contributed by atoms with Crippen molar-refractivity contribution in [2.75, 3.05) is 14.2 Å². The molecular weight excluding hydrogens is 392 g/mol. The number of methoxy groups -OCH3 is 2. The number of aryl methyl sites for hydroxylation is 2. The van der Waals surface area contributed by atoms with Crippen molar-refractivity contribution in [3.8, 4) is 5.75 Å². The molecule has 0 spiro atoms. The second kappa shape index (κ2) is 9.71. The Kier molecular flexibility index (Phi) is 7.59. The lowest BCUT2D eigenvalue weighted by Gasteiger charge is -2.23. The van der Waals surface area contributed by atoms with Crippen LogP contribution in [0.1, 0.15) is 29.5 Å². The highest BCUT2D eigenvalue weighted by atomic mass is 32.2. The molecule has 2 atom stereocenters. The first kappa shape index (κ1) is 22.6. The van der Waals surface area contributed by atoms with Crippen molar-refractivity contribution >= 4 is 16.1 Å². The lowest BCUT2D eigenvalue weighted by atomic mass is 9.92. The monoisotopic (exact) mass is 418 g/mol. The van der Waals surface area contributed by atoms with Gasteiger partial charge in [-0.25, -0.2) is 4.79 Å².